The van der Waals surface area contributed by atoms with Crippen LogP contribution in [0.15, 0.2) is 30.3 Å². The van der Waals surface area contributed by atoms with Gasteiger partial charge in [0.15, 0.2) is 5.60 Å². The van der Waals surface area contributed by atoms with Gasteiger partial charge in [0.2, 0.25) is 0 Å². The van der Waals surface area contributed by atoms with Crippen LogP contribution in [0.25, 0.3) is 0 Å². The smallest absolute Gasteiger partial charge is 0.338 e. The Morgan fingerprint density at radius 3 is 2.31 bits per heavy atom. The Kier molecular flexibility index (Phi) is 7.28. The molecule has 15 atom stereocenters. The number of nitrogens with zero attached hydrogens (tertiary/aromatic N) is 1. The zero-order valence-corrected chi connectivity index (χ0v) is 26.6. The van der Waals surface area contributed by atoms with Gasteiger partial charge in [-0.15, -0.1) is 0 Å². The number of fused-ring (bicyclic) bond motifs is 2. The third-order valence-corrected chi connectivity index (χ3v) is 12.9. The highest BCUT2D eigenvalue weighted by atomic mass is 16.6. The van der Waals surface area contributed by atoms with E-state index in [1.54, 1.807) is 51.7 Å². The third-order valence-electron chi connectivity index (χ3n) is 12.9. The lowest BCUT2D eigenvalue weighted by Crippen LogP contribution is -2.81. The summed E-state index contributed by atoms with van der Waals surface area (Å²) >= 11 is 0. The number of hydrogen-bond donors (Lipinski definition) is 3. The molecule has 1 unspecified atom stereocenters. The van der Waals surface area contributed by atoms with Crippen LogP contribution in [-0.2, 0) is 33.2 Å². The van der Waals surface area contributed by atoms with E-state index >= 15 is 0 Å². The number of aliphatic hydroxyl groups excluding tert-OH is 2. The van der Waals surface area contributed by atoms with Crippen LogP contribution in [0.2, 0.25) is 0 Å². The maximum Gasteiger partial charge on any atom is 0.338 e. The van der Waals surface area contributed by atoms with Crippen LogP contribution < -0.4 is 0 Å². The minimum absolute atomic E-state index is 0.0754. The van der Waals surface area contributed by atoms with Crippen LogP contribution in [0, 0.1) is 34.5 Å². The van der Waals surface area contributed by atoms with Gasteiger partial charge in [0, 0.05) is 83.0 Å². The molecule has 1 aromatic carbocycles. The van der Waals surface area contributed by atoms with Gasteiger partial charge < -0.3 is 48.6 Å². The number of likely N-dealkylation sites (tertiary alicyclic amines) is 1. The Bertz CT molecular complexity index is 1350. The predicted molar refractivity (Wildman–Crippen MR) is 156 cm³/mol. The van der Waals surface area contributed by atoms with Crippen molar-refractivity contribution in [2.75, 3.05) is 48.6 Å². The van der Waals surface area contributed by atoms with Crippen LogP contribution in [0.4, 0.5) is 0 Å². The first kappa shape index (κ1) is 31.4. The second-order valence-electron chi connectivity index (χ2n) is 14.3. The lowest BCUT2D eigenvalue weighted by molar-refractivity contribution is -0.321. The molecular weight excluding hydrogens is 586 g/mol. The number of esters is 2. The van der Waals surface area contributed by atoms with Gasteiger partial charge in [-0.2, -0.15) is 0 Å². The molecule has 12 heteroatoms. The molecule has 0 amide bonds. The number of rotatable bonds is 8. The van der Waals surface area contributed by atoms with Crippen LogP contribution in [0.3, 0.4) is 0 Å². The molecule has 3 N–H and O–H groups in total. The lowest BCUT2D eigenvalue weighted by Gasteiger charge is -2.70. The average Bonchev–Trinajstić information content (AvgIpc) is 3.40. The molecular formula is C33H45NO11. The van der Waals surface area contributed by atoms with Crippen molar-refractivity contribution in [1.29, 1.82) is 0 Å². The van der Waals surface area contributed by atoms with Crippen molar-refractivity contribution >= 4 is 11.9 Å². The van der Waals surface area contributed by atoms with Crippen molar-refractivity contribution in [3.8, 4) is 0 Å². The molecule has 6 fully saturated rings. The first-order valence-corrected chi connectivity index (χ1v) is 15.8. The molecule has 7 bridgehead atoms. The zero-order chi connectivity index (χ0) is 32.3. The van der Waals surface area contributed by atoms with Gasteiger partial charge in [-0.25, -0.2) is 4.79 Å². The van der Waals surface area contributed by atoms with E-state index in [1.807, 2.05) is 7.05 Å². The van der Waals surface area contributed by atoms with Crippen molar-refractivity contribution in [2.45, 2.75) is 73.6 Å². The van der Waals surface area contributed by atoms with Gasteiger partial charge in [0.25, 0.3) is 0 Å². The number of methoxy groups -OCH3 is 4. The molecule has 248 valence electrons. The molecule has 12 nitrogen and oxygen atoms in total. The van der Waals surface area contributed by atoms with Crippen LogP contribution >= 0.6 is 0 Å². The number of carbonyl (C=O) groups excluding carboxylic acids is 2. The normalized spacial score (nSPS) is 50.7. The first-order chi connectivity index (χ1) is 21.4. The van der Waals surface area contributed by atoms with Crippen LogP contribution in [0.5, 0.6) is 0 Å². The Labute approximate surface area is 262 Å². The van der Waals surface area contributed by atoms with Crippen LogP contribution in [-0.4, -0.2) is 135 Å². The summed E-state index contributed by atoms with van der Waals surface area (Å²) in [6.45, 7) is 2.00. The van der Waals surface area contributed by atoms with Gasteiger partial charge in [0.1, 0.15) is 23.9 Å². The molecule has 6 aliphatic rings. The molecule has 1 heterocycles. The van der Waals surface area contributed by atoms with Crippen LogP contribution in [0.1, 0.15) is 30.1 Å². The van der Waals surface area contributed by atoms with Crippen molar-refractivity contribution in [2.24, 2.45) is 34.5 Å². The molecule has 1 saturated heterocycles. The Morgan fingerprint density at radius 1 is 1.00 bits per heavy atom. The maximum atomic E-state index is 13.7. The van der Waals surface area contributed by atoms with Gasteiger partial charge in [-0.05, 0) is 31.5 Å². The largest absolute Gasteiger partial charge is 0.455 e. The predicted octanol–water partition coefficient (Wildman–Crippen LogP) is 0.258. The number of benzene rings is 1. The van der Waals surface area contributed by atoms with Crippen molar-refractivity contribution in [1.82, 2.24) is 4.90 Å². The summed E-state index contributed by atoms with van der Waals surface area (Å²) in [5, 5.41) is 37.0. The summed E-state index contributed by atoms with van der Waals surface area (Å²) in [6, 6.07) is 8.15. The average molecular weight is 632 g/mol. The van der Waals surface area contributed by atoms with Gasteiger partial charge >= 0.3 is 11.9 Å². The summed E-state index contributed by atoms with van der Waals surface area (Å²) in [5.74, 6) is -3.66. The monoisotopic (exact) mass is 631 g/mol. The van der Waals surface area contributed by atoms with E-state index in [0.717, 1.165) is 0 Å². The number of ether oxygens (including phenoxy) is 6. The minimum Gasteiger partial charge on any atom is -0.455 e. The highest BCUT2D eigenvalue weighted by Gasteiger charge is 2.92. The van der Waals surface area contributed by atoms with E-state index in [-0.39, 0.29) is 25.0 Å². The molecule has 5 saturated carbocycles. The maximum absolute atomic E-state index is 13.7. The van der Waals surface area contributed by atoms with E-state index < -0.39 is 88.3 Å². The Balaban J connectivity index is 1.52. The Morgan fingerprint density at radius 2 is 1.71 bits per heavy atom. The second-order valence-corrected chi connectivity index (χ2v) is 14.3. The van der Waals surface area contributed by atoms with Gasteiger partial charge in [-0.1, -0.05) is 18.2 Å². The summed E-state index contributed by atoms with van der Waals surface area (Å²) < 4.78 is 37.2. The quantitative estimate of drug-likeness (QED) is 0.337. The van der Waals surface area contributed by atoms with E-state index in [1.165, 1.54) is 14.0 Å². The molecule has 0 radical (unpaired) electrons. The fourth-order valence-electron chi connectivity index (χ4n) is 12.2. The number of piperidine rings is 1. The molecule has 7 rings (SSSR count). The van der Waals surface area contributed by atoms with E-state index in [9.17, 15) is 24.9 Å². The molecule has 0 aromatic heterocycles. The fourth-order valence-corrected chi connectivity index (χ4v) is 12.2. The summed E-state index contributed by atoms with van der Waals surface area (Å²) in [6.07, 6.45) is -5.50. The SMILES string of the molecule is COC[C@]12CN(C)[C@@H]3C4[C@H](OC)[C@H]1[C@@]3([C@@H](OC)C[C@H]2O)[C@@H]1C[C@]2(O)[C@H](OC(=O)c3ccccc3)[C@@H]1[C@]4(OC(C)=O)[C@@H](O)[C@@H]2OC. The molecule has 45 heavy (non-hydrogen) atoms. The van der Waals surface area contributed by atoms with Gasteiger partial charge in [0.05, 0.1) is 30.5 Å². The number of hydrogen-bond acceptors (Lipinski definition) is 12. The van der Waals surface area contributed by atoms with E-state index in [2.05, 4.69) is 4.90 Å². The topological polar surface area (TPSA) is 153 Å². The van der Waals surface area contributed by atoms with E-state index in [4.69, 9.17) is 28.4 Å². The first-order valence-electron chi connectivity index (χ1n) is 15.8. The summed E-state index contributed by atoms with van der Waals surface area (Å²) in [4.78, 5) is 29.1. The number of carbonyl (C=O) groups is 2. The molecule has 1 aromatic rings. The summed E-state index contributed by atoms with van der Waals surface area (Å²) in [7, 11) is 8.20. The highest BCUT2D eigenvalue weighted by molar-refractivity contribution is 5.89. The molecule has 1 aliphatic heterocycles. The van der Waals surface area contributed by atoms with Crippen molar-refractivity contribution < 1.29 is 53.3 Å². The molecule has 1 spiro atoms. The fraction of sp³-hybridized carbons (Fsp3) is 0.758. The lowest BCUT2D eigenvalue weighted by atomic mass is 9.42. The zero-order valence-electron chi connectivity index (χ0n) is 26.6. The summed E-state index contributed by atoms with van der Waals surface area (Å²) in [5.41, 5.74) is -4.79. The highest BCUT2D eigenvalue weighted by Crippen LogP contribution is 2.80. The number of aliphatic hydroxyl groups is 3. The Hall–Kier alpha value is -2.16. The van der Waals surface area contributed by atoms with Gasteiger partial charge in [-0.3, -0.25) is 4.79 Å². The third kappa shape index (κ3) is 3.55. The van der Waals surface area contributed by atoms with Crippen molar-refractivity contribution in [3.63, 3.8) is 0 Å². The standard InChI is InChI=1S/C33H45NO11/c1-16(35)45-33-21-18(13-31(39,28(43-6)26(33)37)27(21)44-29(38)17-10-8-7-9-11-17)32-20(41-4)12-19(36)30(15-40-3)14-34(2)25(32)22(33)23(42-5)24(30)32/h7-11,18-28,36-37,39H,12-15H2,1-6H3/t18-,19-,20+,21-,22?,23+,24-,25-,26+,27-,28+,30+,31+,32+,33-/m1/s1. The second kappa shape index (κ2) is 10.4. The van der Waals surface area contributed by atoms with E-state index in [0.29, 0.717) is 18.5 Å². The van der Waals surface area contributed by atoms with Crippen molar-refractivity contribution in [3.05, 3.63) is 35.9 Å². The molecule has 5 aliphatic carbocycles. The minimum atomic E-state index is -1.83.